The highest BCUT2D eigenvalue weighted by Crippen LogP contribution is 2.18. The summed E-state index contributed by atoms with van der Waals surface area (Å²) >= 11 is 0. The third-order valence-corrected chi connectivity index (χ3v) is 4.47. The maximum Gasteiger partial charge on any atom is 0.271 e. The zero-order chi connectivity index (χ0) is 17.4. The number of imidazole rings is 1. The Morgan fingerprint density at radius 3 is 2.84 bits per heavy atom. The van der Waals surface area contributed by atoms with E-state index in [1.165, 1.54) is 16.6 Å². The molecular weight excluding hydrogens is 312 g/mol. The Kier molecular flexibility index (Phi) is 3.76. The zero-order valence-corrected chi connectivity index (χ0v) is 14.4. The lowest BCUT2D eigenvalue weighted by atomic mass is 10.2. The summed E-state index contributed by atoms with van der Waals surface area (Å²) in [4.78, 5) is 16.8. The maximum atomic E-state index is 12.4. The van der Waals surface area contributed by atoms with Crippen molar-refractivity contribution >= 4 is 22.5 Å². The van der Waals surface area contributed by atoms with Crippen LogP contribution in [0.25, 0.3) is 16.6 Å². The van der Waals surface area contributed by atoms with Gasteiger partial charge in [0.1, 0.15) is 11.3 Å². The monoisotopic (exact) mass is 332 g/mol. The van der Waals surface area contributed by atoms with Crippen LogP contribution in [0.5, 0.6) is 0 Å². The van der Waals surface area contributed by atoms with Gasteiger partial charge in [0.2, 0.25) is 0 Å². The molecule has 0 aliphatic carbocycles. The summed E-state index contributed by atoms with van der Waals surface area (Å²) in [5.74, 6) is -0.143. The number of hydrogen-bond donors (Lipinski definition) is 1. The molecule has 126 valence electrons. The highest BCUT2D eigenvalue weighted by atomic mass is 16.1. The van der Waals surface area contributed by atoms with E-state index in [0.29, 0.717) is 12.2 Å². The molecule has 0 aliphatic rings. The third kappa shape index (κ3) is 2.89. The van der Waals surface area contributed by atoms with E-state index in [9.17, 15) is 4.79 Å². The van der Waals surface area contributed by atoms with Gasteiger partial charge in [-0.05, 0) is 43.0 Å². The second-order valence-electron chi connectivity index (χ2n) is 6.35. The highest BCUT2D eigenvalue weighted by molar-refractivity contribution is 5.92. The average molecular weight is 332 g/mol. The van der Waals surface area contributed by atoms with Crippen molar-refractivity contribution in [2.24, 2.45) is 0 Å². The third-order valence-electron chi connectivity index (χ3n) is 4.47. The van der Waals surface area contributed by atoms with Gasteiger partial charge in [0.05, 0.1) is 0 Å². The second kappa shape index (κ2) is 6.09. The first-order chi connectivity index (χ1) is 12.1. The van der Waals surface area contributed by atoms with Crippen molar-refractivity contribution < 1.29 is 4.79 Å². The topological polar surface area (TPSA) is 51.3 Å². The number of carbonyl (C=O) groups excluding carboxylic acids is 1. The van der Waals surface area contributed by atoms with Crippen LogP contribution in [0, 0.1) is 13.8 Å². The Labute approximate surface area is 145 Å². The first-order valence-electron chi connectivity index (χ1n) is 8.40. The number of hydrogen-bond acceptors (Lipinski definition) is 2. The van der Waals surface area contributed by atoms with Gasteiger partial charge in [-0.2, -0.15) is 0 Å². The predicted octanol–water partition coefficient (Wildman–Crippen LogP) is 3.34. The molecule has 0 atom stereocenters. The van der Waals surface area contributed by atoms with Crippen LogP contribution in [0.3, 0.4) is 0 Å². The number of rotatable bonds is 4. The number of nitrogens with one attached hydrogen (secondary N) is 1. The Bertz CT molecular complexity index is 1070. The lowest BCUT2D eigenvalue weighted by Gasteiger charge is -2.09. The largest absolute Gasteiger partial charge is 0.349 e. The van der Waals surface area contributed by atoms with E-state index in [4.69, 9.17) is 0 Å². The second-order valence-corrected chi connectivity index (χ2v) is 6.35. The summed E-state index contributed by atoms with van der Waals surface area (Å²) in [6.07, 6.45) is 3.74. The smallest absolute Gasteiger partial charge is 0.271 e. The van der Waals surface area contributed by atoms with Crippen molar-refractivity contribution in [1.29, 1.82) is 0 Å². The van der Waals surface area contributed by atoms with Crippen LogP contribution in [0.4, 0.5) is 0 Å². The molecule has 1 aromatic carbocycles. The minimum Gasteiger partial charge on any atom is -0.349 e. The van der Waals surface area contributed by atoms with Gasteiger partial charge in [-0.15, -0.1) is 0 Å². The van der Waals surface area contributed by atoms with Crippen LogP contribution >= 0.6 is 0 Å². The summed E-state index contributed by atoms with van der Waals surface area (Å²) in [5, 5.41) is 4.19. The summed E-state index contributed by atoms with van der Waals surface area (Å²) < 4.78 is 4.11. The van der Waals surface area contributed by atoms with Crippen molar-refractivity contribution in [3.8, 4) is 0 Å². The first-order valence-corrected chi connectivity index (χ1v) is 8.40. The van der Waals surface area contributed by atoms with E-state index in [2.05, 4.69) is 40.0 Å². The molecule has 0 fully saturated rings. The van der Waals surface area contributed by atoms with E-state index >= 15 is 0 Å². The fourth-order valence-corrected chi connectivity index (χ4v) is 3.23. The molecule has 0 saturated heterocycles. The van der Waals surface area contributed by atoms with Crippen molar-refractivity contribution in [1.82, 2.24) is 19.3 Å². The standard InChI is InChI=1S/C20H20N4O/c1-14-7-8-19-22-17(13-23(19)12-14)20(25)21-9-10-24-15(2)11-16-5-3-4-6-18(16)24/h3-8,11-13H,9-10H2,1-2H3,(H,21,25). The van der Waals surface area contributed by atoms with Gasteiger partial charge < -0.3 is 14.3 Å². The molecule has 1 amide bonds. The number of aryl methyl sites for hydroxylation is 2. The molecule has 0 spiro atoms. The first kappa shape index (κ1) is 15.4. The van der Waals surface area contributed by atoms with Gasteiger partial charge in [0, 0.05) is 36.7 Å². The summed E-state index contributed by atoms with van der Waals surface area (Å²) in [5.41, 5.74) is 4.74. The fraction of sp³-hybridized carbons (Fsp3) is 0.200. The van der Waals surface area contributed by atoms with Gasteiger partial charge in [-0.3, -0.25) is 4.79 Å². The number of carbonyl (C=O) groups is 1. The van der Waals surface area contributed by atoms with Gasteiger partial charge in [0.15, 0.2) is 0 Å². The lowest BCUT2D eigenvalue weighted by Crippen LogP contribution is -2.27. The van der Waals surface area contributed by atoms with Crippen LogP contribution < -0.4 is 5.32 Å². The summed E-state index contributed by atoms with van der Waals surface area (Å²) in [6, 6.07) is 14.4. The van der Waals surface area contributed by atoms with Crippen molar-refractivity contribution in [2.75, 3.05) is 6.54 Å². The Balaban J connectivity index is 1.47. The molecule has 5 heteroatoms. The van der Waals surface area contributed by atoms with Gasteiger partial charge in [-0.1, -0.05) is 24.3 Å². The molecule has 0 unspecified atom stereocenters. The molecule has 25 heavy (non-hydrogen) atoms. The van der Waals surface area contributed by atoms with Crippen molar-refractivity contribution in [3.05, 3.63) is 71.8 Å². The number of nitrogens with zero attached hydrogens (tertiary/aromatic N) is 3. The SMILES string of the molecule is Cc1ccc2nc(C(=O)NCCn3c(C)cc4ccccc43)cn2c1. The zero-order valence-electron chi connectivity index (χ0n) is 14.4. The molecule has 0 radical (unpaired) electrons. The molecule has 5 nitrogen and oxygen atoms in total. The van der Waals surface area contributed by atoms with E-state index < -0.39 is 0 Å². The Hall–Kier alpha value is -3.08. The van der Waals surface area contributed by atoms with E-state index in [1.54, 1.807) is 6.20 Å². The quantitative estimate of drug-likeness (QED) is 0.623. The van der Waals surface area contributed by atoms with Crippen LogP contribution in [-0.2, 0) is 6.54 Å². The minimum atomic E-state index is -0.143. The number of aromatic nitrogens is 3. The molecule has 0 saturated carbocycles. The molecule has 0 bridgehead atoms. The molecule has 4 aromatic rings. The highest BCUT2D eigenvalue weighted by Gasteiger charge is 2.11. The van der Waals surface area contributed by atoms with Gasteiger partial charge in [0.25, 0.3) is 5.91 Å². The number of amides is 1. The van der Waals surface area contributed by atoms with Crippen LogP contribution in [0.1, 0.15) is 21.7 Å². The number of fused-ring (bicyclic) bond motifs is 2. The predicted molar refractivity (Wildman–Crippen MR) is 98.9 cm³/mol. The lowest BCUT2D eigenvalue weighted by molar-refractivity contribution is 0.0948. The number of benzene rings is 1. The average Bonchev–Trinajstić information content (AvgIpc) is 3.15. The molecule has 3 aromatic heterocycles. The molecule has 0 aliphatic heterocycles. The van der Waals surface area contributed by atoms with Crippen LogP contribution in [-0.4, -0.2) is 26.4 Å². The molecule has 3 heterocycles. The van der Waals surface area contributed by atoms with E-state index in [0.717, 1.165) is 17.8 Å². The van der Waals surface area contributed by atoms with E-state index in [1.807, 2.05) is 41.8 Å². The van der Waals surface area contributed by atoms with Crippen LogP contribution in [0.15, 0.2) is 54.9 Å². The normalized spacial score (nSPS) is 11.3. The summed E-state index contributed by atoms with van der Waals surface area (Å²) in [7, 11) is 0. The molecular formula is C20H20N4O. The Morgan fingerprint density at radius 1 is 1.12 bits per heavy atom. The maximum absolute atomic E-state index is 12.4. The number of para-hydroxylation sites is 1. The minimum absolute atomic E-state index is 0.143. The van der Waals surface area contributed by atoms with Crippen molar-refractivity contribution in [2.45, 2.75) is 20.4 Å². The van der Waals surface area contributed by atoms with Gasteiger partial charge in [-0.25, -0.2) is 4.98 Å². The Morgan fingerprint density at radius 2 is 1.96 bits per heavy atom. The number of pyridine rings is 1. The van der Waals surface area contributed by atoms with Crippen LogP contribution in [0.2, 0.25) is 0 Å². The fourth-order valence-electron chi connectivity index (χ4n) is 3.23. The molecule has 1 N–H and O–H groups in total. The van der Waals surface area contributed by atoms with Gasteiger partial charge >= 0.3 is 0 Å². The van der Waals surface area contributed by atoms with E-state index in [-0.39, 0.29) is 5.91 Å². The summed E-state index contributed by atoms with van der Waals surface area (Å²) in [6.45, 7) is 5.40. The molecule has 4 rings (SSSR count). The van der Waals surface area contributed by atoms with Crippen molar-refractivity contribution in [3.63, 3.8) is 0 Å².